The van der Waals surface area contributed by atoms with E-state index in [2.05, 4.69) is 11.9 Å². The van der Waals surface area contributed by atoms with Gasteiger partial charge >= 0.3 is 5.97 Å². The van der Waals surface area contributed by atoms with Gasteiger partial charge in [0.2, 0.25) is 0 Å². The number of carbonyl (C=O) groups is 1. The maximum Gasteiger partial charge on any atom is 0.338 e. The van der Waals surface area contributed by atoms with Gasteiger partial charge in [-0.25, -0.2) is 9.78 Å². The lowest BCUT2D eigenvalue weighted by molar-refractivity contribution is 0.0693. The number of aromatic nitrogens is 1. The number of anilines is 2. The number of nitrogen functional groups attached to an aromatic ring is 1. The molecule has 0 saturated carbocycles. The van der Waals surface area contributed by atoms with Crippen LogP contribution in [0.15, 0.2) is 12.3 Å². The number of aromatic carboxylic acids is 1. The number of hydrogen-bond acceptors (Lipinski definition) is 5. The van der Waals surface area contributed by atoms with Crippen molar-refractivity contribution in [2.75, 3.05) is 30.4 Å². The van der Waals surface area contributed by atoms with Gasteiger partial charge in [0, 0.05) is 6.54 Å². The van der Waals surface area contributed by atoms with Crippen molar-refractivity contribution in [1.82, 2.24) is 4.98 Å². The largest absolute Gasteiger partial charge is 0.478 e. The Bertz CT molecular complexity index is 450. The predicted octanol–water partition coefficient (Wildman–Crippen LogP) is 0.977. The van der Waals surface area contributed by atoms with E-state index in [4.69, 9.17) is 10.5 Å². The van der Waals surface area contributed by atoms with E-state index in [0.717, 1.165) is 6.42 Å². The van der Waals surface area contributed by atoms with Crippen LogP contribution in [0.25, 0.3) is 0 Å². The number of rotatable bonds is 3. The molecule has 1 atom stereocenters. The molecule has 0 radical (unpaired) electrons. The number of pyridine rings is 1. The Labute approximate surface area is 105 Å². The lowest BCUT2D eigenvalue weighted by Crippen LogP contribution is -2.45. The molecule has 98 valence electrons. The maximum absolute atomic E-state index is 11.3. The monoisotopic (exact) mass is 251 g/mol. The minimum atomic E-state index is -0.986. The predicted molar refractivity (Wildman–Crippen MR) is 67.9 cm³/mol. The summed E-state index contributed by atoms with van der Waals surface area (Å²) in [6, 6.07) is 1.59. The first kappa shape index (κ1) is 12.6. The third kappa shape index (κ3) is 2.38. The molecule has 1 aromatic rings. The van der Waals surface area contributed by atoms with Crippen LogP contribution in [-0.4, -0.2) is 41.9 Å². The van der Waals surface area contributed by atoms with Crippen molar-refractivity contribution < 1.29 is 14.6 Å². The van der Waals surface area contributed by atoms with Gasteiger partial charge in [0.1, 0.15) is 5.82 Å². The average Bonchev–Trinajstić information content (AvgIpc) is 2.38. The Morgan fingerprint density at radius 2 is 2.50 bits per heavy atom. The van der Waals surface area contributed by atoms with Gasteiger partial charge in [0.25, 0.3) is 0 Å². The van der Waals surface area contributed by atoms with Crippen molar-refractivity contribution in [3.05, 3.63) is 17.8 Å². The first-order valence-electron chi connectivity index (χ1n) is 5.96. The molecular weight excluding hydrogens is 234 g/mol. The first-order chi connectivity index (χ1) is 8.63. The van der Waals surface area contributed by atoms with Crippen LogP contribution in [0.4, 0.5) is 11.5 Å². The summed E-state index contributed by atoms with van der Waals surface area (Å²) in [6.07, 6.45) is 2.43. The summed E-state index contributed by atoms with van der Waals surface area (Å²) in [7, 11) is 0. The zero-order chi connectivity index (χ0) is 13.1. The fourth-order valence-corrected chi connectivity index (χ4v) is 2.17. The number of ether oxygens (including phenoxy) is 1. The highest BCUT2D eigenvalue weighted by Crippen LogP contribution is 2.26. The van der Waals surface area contributed by atoms with Crippen molar-refractivity contribution >= 4 is 17.5 Å². The van der Waals surface area contributed by atoms with E-state index in [1.54, 1.807) is 0 Å². The molecule has 1 aromatic heterocycles. The zero-order valence-corrected chi connectivity index (χ0v) is 10.3. The summed E-state index contributed by atoms with van der Waals surface area (Å²) in [5, 5.41) is 9.24. The summed E-state index contributed by atoms with van der Waals surface area (Å²) < 4.78 is 5.41. The maximum atomic E-state index is 11.3. The van der Waals surface area contributed by atoms with Crippen molar-refractivity contribution in [1.29, 1.82) is 0 Å². The van der Waals surface area contributed by atoms with Crippen LogP contribution in [0.1, 0.15) is 23.7 Å². The molecule has 0 aromatic carbocycles. The van der Waals surface area contributed by atoms with E-state index in [-0.39, 0.29) is 17.4 Å². The van der Waals surface area contributed by atoms with Crippen molar-refractivity contribution in [3.8, 4) is 0 Å². The highest BCUT2D eigenvalue weighted by Gasteiger charge is 2.25. The smallest absolute Gasteiger partial charge is 0.338 e. The molecule has 6 nitrogen and oxygen atoms in total. The average molecular weight is 251 g/mol. The Hall–Kier alpha value is -1.82. The number of morpholine rings is 1. The Kier molecular flexibility index (Phi) is 3.66. The highest BCUT2D eigenvalue weighted by atomic mass is 16.5. The molecule has 0 amide bonds. The third-order valence-electron chi connectivity index (χ3n) is 3.14. The molecule has 2 heterocycles. The van der Waals surface area contributed by atoms with Crippen molar-refractivity contribution in [2.45, 2.75) is 19.4 Å². The van der Waals surface area contributed by atoms with E-state index in [0.29, 0.717) is 25.4 Å². The molecular formula is C12H17N3O3. The molecule has 1 fully saturated rings. The van der Waals surface area contributed by atoms with E-state index < -0.39 is 5.97 Å². The number of nitrogens with zero attached hydrogens (tertiary/aromatic N) is 2. The van der Waals surface area contributed by atoms with Crippen molar-refractivity contribution in [2.24, 2.45) is 0 Å². The first-order valence-corrected chi connectivity index (χ1v) is 5.96. The van der Waals surface area contributed by atoms with E-state index in [1.807, 2.05) is 4.90 Å². The van der Waals surface area contributed by atoms with Crippen LogP contribution in [-0.2, 0) is 4.74 Å². The molecule has 6 heteroatoms. The van der Waals surface area contributed by atoms with Gasteiger partial charge in [-0.2, -0.15) is 0 Å². The molecule has 3 N–H and O–H groups in total. The van der Waals surface area contributed by atoms with E-state index >= 15 is 0 Å². The van der Waals surface area contributed by atoms with Gasteiger partial charge in [-0.05, 0) is 12.5 Å². The Morgan fingerprint density at radius 1 is 1.72 bits per heavy atom. The minimum absolute atomic E-state index is 0.183. The molecule has 0 bridgehead atoms. The number of carboxylic acids is 1. The topological polar surface area (TPSA) is 88.7 Å². The molecule has 1 aliphatic heterocycles. The lowest BCUT2D eigenvalue weighted by atomic mass is 10.1. The second-order valence-corrected chi connectivity index (χ2v) is 4.26. The number of hydrogen-bond donors (Lipinski definition) is 2. The van der Waals surface area contributed by atoms with Gasteiger partial charge < -0.3 is 20.5 Å². The minimum Gasteiger partial charge on any atom is -0.478 e. The summed E-state index contributed by atoms with van der Waals surface area (Å²) in [4.78, 5) is 17.3. The fourth-order valence-electron chi connectivity index (χ4n) is 2.17. The summed E-state index contributed by atoms with van der Waals surface area (Å²) in [5.41, 5.74) is 6.36. The Balaban J connectivity index is 2.39. The van der Waals surface area contributed by atoms with Crippen molar-refractivity contribution in [3.63, 3.8) is 0 Å². The molecule has 18 heavy (non-hydrogen) atoms. The van der Waals surface area contributed by atoms with Crippen LogP contribution in [0.3, 0.4) is 0 Å². The van der Waals surface area contributed by atoms with Gasteiger partial charge in [-0.15, -0.1) is 0 Å². The lowest BCUT2D eigenvalue weighted by Gasteiger charge is -2.37. The SMILES string of the molecule is CCC1COCCN1c1cnc(N)cc1C(=O)O. The summed E-state index contributed by atoms with van der Waals surface area (Å²) >= 11 is 0. The third-order valence-corrected chi connectivity index (χ3v) is 3.14. The van der Waals surface area contributed by atoms with Gasteiger partial charge in [0.15, 0.2) is 0 Å². The van der Waals surface area contributed by atoms with Crippen LogP contribution < -0.4 is 10.6 Å². The van der Waals surface area contributed by atoms with E-state index in [1.165, 1.54) is 12.3 Å². The molecule has 0 aliphatic carbocycles. The van der Waals surface area contributed by atoms with Gasteiger partial charge in [-0.3, -0.25) is 0 Å². The summed E-state index contributed by atoms with van der Waals surface area (Å²) in [6.45, 7) is 3.93. The van der Waals surface area contributed by atoms with Crippen LogP contribution >= 0.6 is 0 Å². The quantitative estimate of drug-likeness (QED) is 0.832. The standard InChI is InChI=1S/C12H17N3O3/c1-2-8-7-18-4-3-15(8)10-6-14-11(13)5-9(10)12(16)17/h5-6,8H,2-4,7H2,1H3,(H2,13,14)(H,16,17). The van der Waals surface area contributed by atoms with E-state index in [9.17, 15) is 9.90 Å². The van der Waals surface area contributed by atoms with Crippen LogP contribution in [0.5, 0.6) is 0 Å². The second-order valence-electron chi connectivity index (χ2n) is 4.26. The van der Waals surface area contributed by atoms with Crippen LogP contribution in [0, 0.1) is 0 Å². The molecule has 2 rings (SSSR count). The number of nitrogens with two attached hydrogens (primary N) is 1. The molecule has 1 saturated heterocycles. The Morgan fingerprint density at radius 3 is 3.17 bits per heavy atom. The molecule has 1 unspecified atom stereocenters. The molecule has 0 spiro atoms. The normalized spacial score (nSPS) is 19.8. The fraction of sp³-hybridized carbons (Fsp3) is 0.500. The zero-order valence-electron chi connectivity index (χ0n) is 10.3. The van der Waals surface area contributed by atoms with Gasteiger partial charge in [-0.1, -0.05) is 6.92 Å². The second kappa shape index (κ2) is 5.22. The number of carboxylic acid groups (broad SMARTS) is 1. The molecule has 1 aliphatic rings. The van der Waals surface area contributed by atoms with Gasteiger partial charge in [0.05, 0.1) is 36.7 Å². The summed E-state index contributed by atoms with van der Waals surface area (Å²) in [5.74, 6) is -0.766. The van der Waals surface area contributed by atoms with Crippen LogP contribution in [0.2, 0.25) is 0 Å². The highest BCUT2D eigenvalue weighted by molar-refractivity contribution is 5.95.